The van der Waals surface area contributed by atoms with Crippen molar-refractivity contribution < 1.29 is 5.11 Å². The molecule has 0 atom stereocenters. The summed E-state index contributed by atoms with van der Waals surface area (Å²) in [4.78, 5) is 11.8. The third kappa shape index (κ3) is 3.07. The van der Waals surface area contributed by atoms with Gasteiger partial charge in [-0.05, 0) is 16.7 Å². The van der Waals surface area contributed by atoms with Crippen molar-refractivity contribution in [2.75, 3.05) is 25.1 Å². The molecule has 0 fully saturated rings. The highest BCUT2D eigenvalue weighted by Crippen LogP contribution is 2.38. The van der Waals surface area contributed by atoms with Crippen molar-refractivity contribution in [3.63, 3.8) is 0 Å². The molecule has 0 saturated carbocycles. The summed E-state index contributed by atoms with van der Waals surface area (Å²) in [5.74, 6) is 0.854. The van der Waals surface area contributed by atoms with E-state index in [1.807, 2.05) is 18.0 Å². The Morgan fingerprint density at radius 3 is 2.35 bits per heavy atom. The highest BCUT2D eigenvalue weighted by Gasteiger charge is 2.15. The Hall–Kier alpha value is -2.76. The second-order valence-electron chi connectivity index (χ2n) is 6.12. The molecule has 0 bridgehead atoms. The highest BCUT2D eigenvalue weighted by molar-refractivity contribution is 7.17. The molecule has 0 amide bonds. The van der Waals surface area contributed by atoms with Gasteiger partial charge >= 0.3 is 0 Å². The highest BCUT2D eigenvalue weighted by atomic mass is 32.1. The summed E-state index contributed by atoms with van der Waals surface area (Å²) in [6, 6.07) is 18.9. The number of fused-ring (bicyclic) bond motifs is 1. The molecule has 1 N–H and O–H groups in total. The fraction of sp³-hybridized carbons (Fsp3) is 0.143. The zero-order chi connectivity index (χ0) is 17.9. The Kier molecular flexibility index (Phi) is 4.65. The molecule has 2 aromatic carbocycles. The van der Waals surface area contributed by atoms with Crippen LogP contribution in [0.1, 0.15) is 0 Å². The van der Waals surface area contributed by atoms with Gasteiger partial charge < -0.3 is 10.0 Å². The first-order valence-electron chi connectivity index (χ1n) is 8.48. The number of benzene rings is 2. The standard InChI is InChI=1S/C21H19N3OS/c1-24(11-12-25)20-19-18(13-26-21(19)23-14-22-20)17-9-7-16(8-10-17)15-5-3-2-4-6-15/h2-10,13-14,25H,11-12H2,1H3. The first-order chi connectivity index (χ1) is 12.8. The predicted octanol–water partition coefficient (Wildman–Crippen LogP) is 4.45. The fourth-order valence-corrected chi connectivity index (χ4v) is 4.00. The lowest BCUT2D eigenvalue weighted by atomic mass is 10.0. The van der Waals surface area contributed by atoms with E-state index in [0.717, 1.165) is 27.2 Å². The summed E-state index contributed by atoms with van der Waals surface area (Å²) in [5, 5.41) is 12.4. The number of anilines is 1. The van der Waals surface area contributed by atoms with Crippen molar-refractivity contribution in [1.29, 1.82) is 0 Å². The van der Waals surface area contributed by atoms with E-state index in [4.69, 9.17) is 0 Å². The Morgan fingerprint density at radius 2 is 1.62 bits per heavy atom. The van der Waals surface area contributed by atoms with Crippen LogP contribution in [0.4, 0.5) is 5.82 Å². The third-order valence-corrected chi connectivity index (χ3v) is 5.34. The van der Waals surface area contributed by atoms with Crippen molar-refractivity contribution in [2.45, 2.75) is 0 Å². The van der Waals surface area contributed by atoms with Crippen LogP contribution in [0, 0.1) is 0 Å². The molecular formula is C21H19N3OS. The van der Waals surface area contributed by atoms with Gasteiger partial charge in [-0.2, -0.15) is 0 Å². The number of rotatable bonds is 5. The number of aromatic nitrogens is 2. The van der Waals surface area contributed by atoms with Crippen LogP contribution < -0.4 is 4.90 Å². The van der Waals surface area contributed by atoms with E-state index >= 15 is 0 Å². The van der Waals surface area contributed by atoms with Crippen LogP contribution in [0.15, 0.2) is 66.3 Å². The average Bonchev–Trinajstić information content (AvgIpc) is 3.13. The Labute approximate surface area is 156 Å². The number of hydrogen-bond donors (Lipinski definition) is 1. The molecule has 0 saturated heterocycles. The Balaban J connectivity index is 1.77. The van der Waals surface area contributed by atoms with Gasteiger partial charge in [0.15, 0.2) is 0 Å². The number of hydrogen-bond acceptors (Lipinski definition) is 5. The van der Waals surface area contributed by atoms with Gasteiger partial charge in [-0.3, -0.25) is 0 Å². The molecule has 2 aromatic heterocycles. The van der Waals surface area contributed by atoms with Crippen molar-refractivity contribution in [1.82, 2.24) is 9.97 Å². The van der Waals surface area contributed by atoms with E-state index in [1.54, 1.807) is 17.7 Å². The topological polar surface area (TPSA) is 49.2 Å². The van der Waals surface area contributed by atoms with Crippen molar-refractivity contribution >= 4 is 27.4 Å². The van der Waals surface area contributed by atoms with Crippen LogP contribution in [-0.2, 0) is 0 Å². The summed E-state index contributed by atoms with van der Waals surface area (Å²) in [6.07, 6.45) is 1.59. The minimum Gasteiger partial charge on any atom is -0.395 e. The van der Waals surface area contributed by atoms with E-state index in [-0.39, 0.29) is 6.61 Å². The van der Waals surface area contributed by atoms with Crippen LogP contribution in [0.25, 0.3) is 32.5 Å². The molecule has 0 aliphatic carbocycles. The molecule has 2 heterocycles. The first-order valence-corrected chi connectivity index (χ1v) is 9.36. The minimum absolute atomic E-state index is 0.0905. The molecular weight excluding hydrogens is 342 g/mol. The van der Waals surface area contributed by atoms with Crippen LogP contribution in [-0.4, -0.2) is 35.3 Å². The molecule has 4 rings (SSSR count). The molecule has 0 aliphatic heterocycles. The van der Waals surface area contributed by atoms with E-state index in [2.05, 4.69) is 63.9 Å². The Morgan fingerprint density at radius 1 is 0.923 bits per heavy atom. The predicted molar refractivity (Wildman–Crippen MR) is 109 cm³/mol. The lowest BCUT2D eigenvalue weighted by Crippen LogP contribution is -2.22. The summed E-state index contributed by atoms with van der Waals surface area (Å²) < 4.78 is 0. The zero-order valence-corrected chi connectivity index (χ0v) is 15.3. The number of nitrogens with zero attached hydrogens (tertiary/aromatic N) is 3. The van der Waals surface area contributed by atoms with Gasteiger partial charge in [0.25, 0.3) is 0 Å². The van der Waals surface area contributed by atoms with Gasteiger partial charge in [0, 0.05) is 24.5 Å². The molecule has 0 unspecified atom stereocenters. The molecule has 0 aliphatic rings. The zero-order valence-electron chi connectivity index (χ0n) is 14.5. The van der Waals surface area contributed by atoms with Crippen molar-refractivity contribution in [3.05, 3.63) is 66.3 Å². The largest absolute Gasteiger partial charge is 0.395 e. The Bertz CT molecular complexity index is 1010. The van der Waals surface area contributed by atoms with Crippen molar-refractivity contribution in [3.8, 4) is 22.3 Å². The second-order valence-corrected chi connectivity index (χ2v) is 6.97. The lowest BCUT2D eigenvalue weighted by molar-refractivity contribution is 0.304. The molecule has 0 radical (unpaired) electrons. The first kappa shape index (κ1) is 16.7. The smallest absolute Gasteiger partial charge is 0.141 e. The van der Waals surface area contributed by atoms with Crippen LogP contribution in [0.2, 0.25) is 0 Å². The van der Waals surface area contributed by atoms with E-state index in [9.17, 15) is 5.11 Å². The summed E-state index contributed by atoms with van der Waals surface area (Å²) in [5.41, 5.74) is 4.68. The van der Waals surface area contributed by atoms with Gasteiger partial charge in [-0.25, -0.2) is 9.97 Å². The summed E-state index contributed by atoms with van der Waals surface area (Å²) in [6.45, 7) is 0.627. The molecule has 130 valence electrons. The number of aliphatic hydroxyl groups is 1. The van der Waals surface area contributed by atoms with Gasteiger partial charge in [0.2, 0.25) is 0 Å². The molecule has 4 aromatic rings. The molecule has 4 nitrogen and oxygen atoms in total. The number of aliphatic hydroxyl groups excluding tert-OH is 1. The maximum Gasteiger partial charge on any atom is 0.141 e. The molecule has 0 spiro atoms. The minimum atomic E-state index is 0.0905. The average molecular weight is 361 g/mol. The third-order valence-electron chi connectivity index (χ3n) is 4.45. The van der Waals surface area contributed by atoms with Crippen molar-refractivity contribution in [2.24, 2.45) is 0 Å². The number of thiophene rings is 1. The van der Waals surface area contributed by atoms with Crippen LogP contribution >= 0.6 is 11.3 Å². The molecule has 26 heavy (non-hydrogen) atoms. The van der Waals surface area contributed by atoms with Crippen LogP contribution in [0.3, 0.4) is 0 Å². The quantitative estimate of drug-likeness (QED) is 0.570. The van der Waals surface area contributed by atoms with Gasteiger partial charge in [-0.1, -0.05) is 54.6 Å². The van der Waals surface area contributed by atoms with E-state index in [1.165, 1.54) is 11.1 Å². The van der Waals surface area contributed by atoms with E-state index < -0.39 is 0 Å². The van der Waals surface area contributed by atoms with Gasteiger partial charge in [0.1, 0.15) is 17.0 Å². The maximum atomic E-state index is 9.26. The summed E-state index contributed by atoms with van der Waals surface area (Å²) >= 11 is 1.62. The lowest BCUT2D eigenvalue weighted by Gasteiger charge is -2.18. The number of likely N-dealkylation sites (N-methyl/N-ethyl adjacent to an activating group) is 1. The monoisotopic (exact) mass is 361 g/mol. The normalized spacial score (nSPS) is 11.0. The fourth-order valence-electron chi connectivity index (χ4n) is 3.09. The van der Waals surface area contributed by atoms with Crippen LogP contribution in [0.5, 0.6) is 0 Å². The SMILES string of the molecule is CN(CCO)c1ncnc2scc(-c3ccc(-c4ccccc4)cc3)c12. The summed E-state index contributed by atoms with van der Waals surface area (Å²) in [7, 11) is 1.94. The second kappa shape index (κ2) is 7.23. The van der Waals surface area contributed by atoms with Gasteiger partial charge in [-0.15, -0.1) is 11.3 Å². The maximum absolute atomic E-state index is 9.26. The van der Waals surface area contributed by atoms with Gasteiger partial charge in [0.05, 0.1) is 12.0 Å². The molecule has 5 heteroatoms. The van der Waals surface area contributed by atoms with E-state index in [0.29, 0.717) is 6.54 Å².